The summed E-state index contributed by atoms with van der Waals surface area (Å²) < 4.78 is 22.8. The molecule has 5 nitrogen and oxygen atoms in total. The lowest BCUT2D eigenvalue weighted by atomic mass is 9.99. The summed E-state index contributed by atoms with van der Waals surface area (Å²) in [7, 11) is -2.99. The predicted octanol–water partition coefficient (Wildman–Crippen LogP) is -0.417. The van der Waals surface area contributed by atoms with E-state index in [9.17, 15) is 13.2 Å². The van der Waals surface area contributed by atoms with E-state index in [0.29, 0.717) is 12.8 Å². The summed E-state index contributed by atoms with van der Waals surface area (Å²) in [6, 6.07) is -0.0640. The molecule has 1 fully saturated rings. The average molecular weight is 258 g/mol. The van der Waals surface area contributed by atoms with Crippen molar-refractivity contribution in [3.05, 3.63) is 12.2 Å². The third kappa shape index (κ3) is 2.87. The molecule has 3 N–H and O–H groups in total. The van der Waals surface area contributed by atoms with Gasteiger partial charge < -0.3 is 11.1 Å². The van der Waals surface area contributed by atoms with Crippen LogP contribution in [0.3, 0.4) is 0 Å². The van der Waals surface area contributed by atoms with Gasteiger partial charge in [0.1, 0.15) is 0 Å². The highest BCUT2D eigenvalue weighted by atomic mass is 32.2. The Labute approximate surface area is 101 Å². The topological polar surface area (TPSA) is 89.3 Å². The minimum Gasteiger partial charge on any atom is -0.349 e. The van der Waals surface area contributed by atoms with Gasteiger partial charge in [0.05, 0.1) is 23.0 Å². The highest BCUT2D eigenvalue weighted by molar-refractivity contribution is 7.91. The minimum atomic E-state index is -2.99. The highest BCUT2D eigenvalue weighted by Crippen LogP contribution is 2.25. The van der Waals surface area contributed by atoms with E-state index in [1.165, 1.54) is 0 Å². The Hall–Kier alpha value is -0.880. The molecule has 2 aliphatic rings. The minimum absolute atomic E-state index is 0.0359. The van der Waals surface area contributed by atoms with Gasteiger partial charge in [-0.1, -0.05) is 12.2 Å². The van der Waals surface area contributed by atoms with Crippen molar-refractivity contribution in [1.82, 2.24) is 5.32 Å². The zero-order chi connectivity index (χ0) is 12.7. The number of rotatable bonds is 2. The number of nitrogens with two attached hydrogens (primary N) is 1. The normalized spacial score (nSPS) is 39.4. The molecule has 0 aromatic rings. The number of nitrogens with one attached hydrogen (secondary N) is 1. The molecule has 1 heterocycles. The van der Waals surface area contributed by atoms with Crippen molar-refractivity contribution < 1.29 is 13.2 Å². The fourth-order valence-electron chi connectivity index (χ4n) is 2.42. The van der Waals surface area contributed by atoms with Crippen LogP contribution in [0.15, 0.2) is 12.2 Å². The summed E-state index contributed by atoms with van der Waals surface area (Å²) in [5.41, 5.74) is 5.07. The van der Waals surface area contributed by atoms with Crippen molar-refractivity contribution >= 4 is 15.7 Å². The monoisotopic (exact) mass is 258 g/mol. The number of carbonyl (C=O) groups is 1. The molecular formula is C11H18N2O3S. The van der Waals surface area contributed by atoms with Crippen LogP contribution in [0.25, 0.3) is 0 Å². The van der Waals surface area contributed by atoms with E-state index in [2.05, 4.69) is 5.32 Å². The summed E-state index contributed by atoms with van der Waals surface area (Å²) in [5, 5.41) is 2.85. The molecule has 3 atom stereocenters. The van der Waals surface area contributed by atoms with Gasteiger partial charge in [0.15, 0.2) is 9.84 Å². The first-order valence-electron chi connectivity index (χ1n) is 5.76. The van der Waals surface area contributed by atoms with Gasteiger partial charge in [-0.05, 0) is 19.8 Å². The summed E-state index contributed by atoms with van der Waals surface area (Å²) in [6.07, 6.45) is 4.71. The second kappa shape index (κ2) is 4.10. The lowest BCUT2D eigenvalue weighted by Crippen LogP contribution is -2.49. The maximum absolute atomic E-state index is 12.0. The van der Waals surface area contributed by atoms with Gasteiger partial charge in [0.25, 0.3) is 0 Å². The molecular weight excluding hydrogens is 240 g/mol. The van der Waals surface area contributed by atoms with Crippen LogP contribution in [0.5, 0.6) is 0 Å². The number of carbonyl (C=O) groups excluding carboxylic acids is 1. The van der Waals surface area contributed by atoms with Crippen molar-refractivity contribution in [3.8, 4) is 0 Å². The standard InChI is InChI=1S/C11H18N2O3S/c1-11(4-5-17(15,16)7-11)13-10(14)8-2-3-9(12)6-8/h2-3,8-9H,4-7,12H2,1H3,(H,13,14). The molecule has 0 aromatic heterocycles. The van der Waals surface area contributed by atoms with E-state index in [0.717, 1.165) is 0 Å². The van der Waals surface area contributed by atoms with Crippen LogP contribution in [0, 0.1) is 5.92 Å². The zero-order valence-corrected chi connectivity index (χ0v) is 10.7. The second-order valence-corrected chi connectivity index (χ2v) is 7.47. The quantitative estimate of drug-likeness (QED) is 0.659. The Morgan fingerprint density at radius 2 is 2.18 bits per heavy atom. The number of amides is 1. The van der Waals surface area contributed by atoms with Gasteiger partial charge >= 0.3 is 0 Å². The predicted molar refractivity (Wildman–Crippen MR) is 65.0 cm³/mol. The van der Waals surface area contributed by atoms with Crippen molar-refractivity contribution in [2.45, 2.75) is 31.3 Å². The van der Waals surface area contributed by atoms with Crippen molar-refractivity contribution in [2.75, 3.05) is 11.5 Å². The molecule has 1 saturated heterocycles. The van der Waals surface area contributed by atoms with E-state index in [1.54, 1.807) is 13.0 Å². The molecule has 0 radical (unpaired) electrons. The summed E-state index contributed by atoms with van der Waals surface area (Å²) in [4.78, 5) is 12.0. The Morgan fingerprint density at radius 1 is 1.47 bits per heavy atom. The van der Waals surface area contributed by atoms with Gasteiger partial charge in [0.2, 0.25) is 5.91 Å². The van der Waals surface area contributed by atoms with E-state index >= 15 is 0 Å². The molecule has 17 heavy (non-hydrogen) atoms. The van der Waals surface area contributed by atoms with Crippen LogP contribution in [0.2, 0.25) is 0 Å². The van der Waals surface area contributed by atoms with Gasteiger partial charge in [-0.15, -0.1) is 0 Å². The average Bonchev–Trinajstić information content (AvgIpc) is 2.71. The van der Waals surface area contributed by atoms with Crippen LogP contribution in [-0.2, 0) is 14.6 Å². The Morgan fingerprint density at radius 3 is 2.65 bits per heavy atom. The molecule has 0 aromatic carbocycles. The van der Waals surface area contributed by atoms with Crippen LogP contribution in [0.1, 0.15) is 19.8 Å². The molecule has 6 heteroatoms. The van der Waals surface area contributed by atoms with Gasteiger partial charge in [-0.3, -0.25) is 4.79 Å². The SMILES string of the molecule is CC1(NC(=O)C2C=CC(N)C2)CCS(=O)(=O)C1. The fraction of sp³-hybridized carbons (Fsp3) is 0.727. The fourth-order valence-corrected chi connectivity index (χ4v) is 4.51. The summed E-state index contributed by atoms with van der Waals surface area (Å²) >= 11 is 0. The largest absolute Gasteiger partial charge is 0.349 e. The molecule has 2 rings (SSSR count). The van der Waals surface area contributed by atoms with Crippen molar-refractivity contribution in [2.24, 2.45) is 11.7 Å². The number of sulfone groups is 1. The molecule has 1 aliphatic carbocycles. The number of hydrogen-bond donors (Lipinski definition) is 2. The lowest BCUT2D eigenvalue weighted by molar-refractivity contribution is -0.125. The Kier molecular flexibility index (Phi) is 3.03. The van der Waals surface area contributed by atoms with Crippen LogP contribution in [-0.4, -0.2) is 37.4 Å². The second-order valence-electron chi connectivity index (χ2n) is 5.28. The molecule has 0 spiro atoms. The van der Waals surface area contributed by atoms with E-state index in [1.807, 2.05) is 6.08 Å². The lowest BCUT2D eigenvalue weighted by Gasteiger charge is -2.25. The Balaban J connectivity index is 1.98. The molecule has 1 amide bonds. The van der Waals surface area contributed by atoms with Crippen LogP contribution < -0.4 is 11.1 Å². The third-order valence-corrected chi connectivity index (χ3v) is 5.28. The smallest absolute Gasteiger partial charge is 0.227 e. The van der Waals surface area contributed by atoms with Gasteiger partial charge in [-0.25, -0.2) is 8.42 Å². The first kappa shape index (κ1) is 12.6. The zero-order valence-electron chi connectivity index (χ0n) is 9.85. The maximum atomic E-state index is 12.0. The van der Waals surface area contributed by atoms with Crippen molar-refractivity contribution in [1.29, 1.82) is 0 Å². The van der Waals surface area contributed by atoms with Crippen molar-refractivity contribution in [3.63, 3.8) is 0 Å². The maximum Gasteiger partial charge on any atom is 0.227 e. The van der Waals surface area contributed by atoms with E-state index in [4.69, 9.17) is 5.73 Å². The first-order chi connectivity index (χ1) is 7.80. The summed E-state index contributed by atoms with van der Waals surface area (Å²) in [6.45, 7) is 1.79. The highest BCUT2D eigenvalue weighted by Gasteiger charge is 2.40. The number of hydrogen-bond acceptors (Lipinski definition) is 4. The molecule has 96 valence electrons. The summed E-state index contributed by atoms with van der Waals surface area (Å²) in [5.74, 6) is -0.142. The molecule has 0 saturated carbocycles. The van der Waals surface area contributed by atoms with Crippen LogP contribution in [0.4, 0.5) is 0 Å². The van der Waals surface area contributed by atoms with Crippen LogP contribution >= 0.6 is 0 Å². The molecule has 1 aliphatic heterocycles. The first-order valence-corrected chi connectivity index (χ1v) is 7.58. The van der Waals surface area contributed by atoms with E-state index in [-0.39, 0.29) is 29.4 Å². The van der Waals surface area contributed by atoms with Gasteiger partial charge in [0, 0.05) is 6.04 Å². The molecule has 0 bridgehead atoms. The van der Waals surface area contributed by atoms with E-state index < -0.39 is 15.4 Å². The molecule has 3 unspecified atom stereocenters. The third-order valence-electron chi connectivity index (χ3n) is 3.38. The van der Waals surface area contributed by atoms with Gasteiger partial charge in [-0.2, -0.15) is 0 Å². The Bertz CT molecular complexity index is 457.